The van der Waals surface area contributed by atoms with Crippen LogP contribution >= 0.6 is 0 Å². The first kappa shape index (κ1) is 12.6. The van der Waals surface area contributed by atoms with Crippen molar-refractivity contribution in [2.45, 2.75) is 57.8 Å². The fraction of sp³-hybridized carbons (Fsp3) is 0.769. The number of alkyl halides is 1. The van der Waals surface area contributed by atoms with Crippen molar-refractivity contribution in [1.29, 1.82) is 0 Å². The predicted molar refractivity (Wildman–Crippen MR) is 66.8 cm³/mol. The summed E-state index contributed by atoms with van der Waals surface area (Å²) in [7, 11) is 0. The van der Waals surface area contributed by atoms with E-state index in [4.69, 9.17) is 0 Å². The summed E-state index contributed by atoms with van der Waals surface area (Å²) >= 11 is 0. The predicted octanol–water partition coefficient (Wildman–Crippen LogP) is 2.32. The van der Waals surface area contributed by atoms with Crippen molar-refractivity contribution in [3.05, 3.63) is 18.2 Å². The zero-order chi connectivity index (χ0) is 12.1. The minimum absolute atomic E-state index is 0.0236. The second-order valence-electron chi connectivity index (χ2n) is 4.81. The number of aryl methyl sites for hydroxylation is 1. The summed E-state index contributed by atoms with van der Waals surface area (Å²) in [5, 5.41) is 3.27. The summed E-state index contributed by atoms with van der Waals surface area (Å²) in [5.41, 5.74) is 0. The van der Waals surface area contributed by atoms with Crippen molar-refractivity contribution in [3.8, 4) is 0 Å². The Kier molecular flexibility index (Phi) is 4.54. The normalized spacial score (nSPS) is 22.6. The van der Waals surface area contributed by atoms with Gasteiger partial charge in [-0.3, -0.25) is 0 Å². The number of aromatic nitrogens is 2. The molecule has 17 heavy (non-hydrogen) atoms. The molecule has 1 N–H and O–H groups in total. The molecule has 96 valence electrons. The number of nitrogens with zero attached hydrogens (tertiary/aromatic N) is 2. The van der Waals surface area contributed by atoms with Crippen LogP contribution < -0.4 is 5.32 Å². The van der Waals surface area contributed by atoms with Crippen molar-refractivity contribution in [3.63, 3.8) is 0 Å². The Hall–Kier alpha value is -0.900. The highest BCUT2D eigenvalue weighted by molar-refractivity contribution is 4.97. The molecule has 0 bridgehead atoms. The van der Waals surface area contributed by atoms with Gasteiger partial charge in [-0.2, -0.15) is 0 Å². The van der Waals surface area contributed by atoms with Crippen LogP contribution in [0.2, 0.25) is 0 Å². The number of rotatable bonds is 5. The third kappa shape index (κ3) is 3.28. The summed E-state index contributed by atoms with van der Waals surface area (Å²) in [4.78, 5) is 4.26. The molecule has 2 unspecified atom stereocenters. The van der Waals surface area contributed by atoms with Crippen LogP contribution in [0.1, 0.15) is 38.4 Å². The van der Waals surface area contributed by atoms with E-state index in [2.05, 4.69) is 21.8 Å². The first-order valence-electron chi connectivity index (χ1n) is 6.68. The lowest BCUT2D eigenvalue weighted by atomic mass is 9.99. The number of imidazole rings is 1. The third-order valence-electron chi connectivity index (χ3n) is 3.43. The SMILES string of the molecule is CCCn1ccnc1CC(F)C1CCCCN1. The fourth-order valence-corrected chi connectivity index (χ4v) is 2.48. The average Bonchev–Trinajstić information content (AvgIpc) is 2.78. The van der Waals surface area contributed by atoms with Crippen molar-refractivity contribution >= 4 is 0 Å². The molecule has 0 amide bonds. The molecule has 2 rings (SSSR count). The number of hydrogen-bond donors (Lipinski definition) is 1. The molecule has 1 fully saturated rings. The van der Waals surface area contributed by atoms with E-state index < -0.39 is 6.17 Å². The van der Waals surface area contributed by atoms with Crippen LogP contribution in [0.5, 0.6) is 0 Å². The highest BCUT2D eigenvalue weighted by Gasteiger charge is 2.24. The van der Waals surface area contributed by atoms with E-state index in [0.29, 0.717) is 6.42 Å². The van der Waals surface area contributed by atoms with Gasteiger partial charge in [0.25, 0.3) is 0 Å². The molecule has 0 aliphatic carbocycles. The lowest BCUT2D eigenvalue weighted by molar-refractivity contribution is 0.213. The lowest BCUT2D eigenvalue weighted by Gasteiger charge is -2.26. The number of halogens is 1. The summed E-state index contributed by atoms with van der Waals surface area (Å²) in [6.45, 7) is 4.01. The van der Waals surface area contributed by atoms with Crippen molar-refractivity contribution in [2.75, 3.05) is 6.54 Å². The maximum absolute atomic E-state index is 14.2. The highest BCUT2D eigenvalue weighted by atomic mass is 19.1. The Morgan fingerprint density at radius 3 is 3.18 bits per heavy atom. The Bertz CT molecular complexity index is 331. The molecule has 2 heterocycles. The lowest BCUT2D eigenvalue weighted by Crippen LogP contribution is -2.42. The molecule has 3 nitrogen and oxygen atoms in total. The summed E-state index contributed by atoms with van der Waals surface area (Å²) < 4.78 is 16.2. The van der Waals surface area contributed by atoms with E-state index >= 15 is 0 Å². The minimum atomic E-state index is -0.812. The maximum atomic E-state index is 14.2. The van der Waals surface area contributed by atoms with Crippen LogP contribution in [-0.4, -0.2) is 28.3 Å². The standard InChI is InChI=1S/C13H22FN3/c1-2-8-17-9-7-16-13(17)10-11(14)12-5-3-4-6-15-12/h7,9,11-12,15H,2-6,8,10H2,1H3. The van der Waals surface area contributed by atoms with Crippen LogP contribution in [0, 0.1) is 0 Å². The molecule has 0 spiro atoms. The van der Waals surface area contributed by atoms with Gasteiger partial charge in [0.1, 0.15) is 12.0 Å². The summed E-state index contributed by atoms with van der Waals surface area (Å²) in [6.07, 6.45) is 7.66. The van der Waals surface area contributed by atoms with Gasteiger partial charge in [-0.1, -0.05) is 13.3 Å². The quantitative estimate of drug-likeness (QED) is 0.854. The van der Waals surface area contributed by atoms with Gasteiger partial charge in [0.15, 0.2) is 0 Å². The van der Waals surface area contributed by atoms with E-state index in [1.807, 2.05) is 6.20 Å². The number of nitrogens with one attached hydrogen (secondary N) is 1. The average molecular weight is 239 g/mol. The van der Waals surface area contributed by atoms with Gasteiger partial charge in [0.05, 0.1) is 0 Å². The first-order valence-corrected chi connectivity index (χ1v) is 6.68. The van der Waals surface area contributed by atoms with Gasteiger partial charge in [0, 0.05) is 31.4 Å². The van der Waals surface area contributed by atoms with E-state index in [1.165, 1.54) is 6.42 Å². The van der Waals surface area contributed by atoms with E-state index in [0.717, 1.165) is 38.2 Å². The number of piperidine rings is 1. The highest BCUT2D eigenvalue weighted by Crippen LogP contribution is 2.16. The number of hydrogen-bond acceptors (Lipinski definition) is 2. The third-order valence-corrected chi connectivity index (χ3v) is 3.43. The fourth-order valence-electron chi connectivity index (χ4n) is 2.48. The van der Waals surface area contributed by atoms with E-state index in [9.17, 15) is 4.39 Å². The molecule has 1 saturated heterocycles. The van der Waals surface area contributed by atoms with Crippen LogP contribution in [0.3, 0.4) is 0 Å². The van der Waals surface area contributed by atoms with Gasteiger partial charge in [-0.15, -0.1) is 0 Å². The van der Waals surface area contributed by atoms with Gasteiger partial charge in [-0.05, 0) is 25.8 Å². The molecule has 0 radical (unpaired) electrons. The summed E-state index contributed by atoms with van der Waals surface area (Å²) in [6, 6.07) is 0.0236. The zero-order valence-corrected chi connectivity index (χ0v) is 10.5. The van der Waals surface area contributed by atoms with Crippen molar-refractivity contribution < 1.29 is 4.39 Å². The van der Waals surface area contributed by atoms with Crippen LogP contribution in [0.15, 0.2) is 12.4 Å². The molecule has 2 atom stereocenters. The van der Waals surface area contributed by atoms with Gasteiger partial charge < -0.3 is 9.88 Å². The second kappa shape index (κ2) is 6.15. The monoisotopic (exact) mass is 239 g/mol. The maximum Gasteiger partial charge on any atom is 0.122 e. The van der Waals surface area contributed by atoms with E-state index in [-0.39, 0.29) is 6.04 Å². The van der Waals surface area contributed by atoms with Crippen LogP contribution in [0.25, 0.3) is 0 Å². The summed E-state index contributed by atoms with van der Waals surface area (Å²) in [5.74, 6) is 0.881. The van der Waals surface area contributed by atoms with Crippen LogP contribution in [0.4, 0.5) is 4.39 Å². The van der Waals surface area contributed by atoms with Crippen molar-refractivity contribution in [1.82, 2.24) is 14.9 Å². The Morgan fingerprint density at radius 2 is 2.47 bits per heavy atom. The zero-order valence-electron chi connectivity index (χ0n) is 10.5. The molecule has 4 heteroatoms. The van der Waals surface area contributed by atoms with Crippen LogP contribution in [-0.2, 0) is 13.0 Å². The molecule has 1 aromatic rings. The van der Waals surface area contributed by atoms with E-state index in [1.54, 1.807) is 6.20 Å². The van der Waals surface area contributed by atoms with Crippen molar-refractivity contribution in [2.24, 2.45) is 0 Å². The molecular formula is C13H22FN3. The van der Waals surface area contributed by atoms with Gasteiger partial charge >= 0.3 is 0 Å². The van der Waals surface area contributed by atoms with Gasteiger partial charge in [-0.25, -0.2) is 9.37 Å². The molecule has 0 saturated carbocycles. The minimum Gasteiger partial charge on any atom is -0.335 e. The smallest absolute Gasteiger partial charge is 0.122 e. The molecule has 1 aromatic heterocycles. The largest absolute Gasteiger partial charge is 0.335 e. The molecule has 1 aliphatic heterocycles. The second-order valence-corrected chi connectivity index (χ2v) is 4.81. The molecular weight excluding hydrogens is 217 g/mol. The Balaban J connectivity index is 1.92. The topological polar surface area (TPSA) is 29.9 Å². The molecule has 1 aliphatic rings. The first-order chi connectivity index (χ1) is 8.31. The molecule has 0 aromatic carbocycles. The Morgan fingerprint density at radius 1 is 1.59 bits per heavy atom. The Labute approximate surface area is 102 Å². The van der Waals surface area contributed by atoms with Gasteiger partial charge in [0.2, 0.25) is 0 Å².